The van der Waals surface area contributed by atoms with Crippen LogP contribution in [-0.2, 0) is 26.0 Å². The van der Waals surface area contributed by atoms with Crippen molar-refractivity contribution in [2.75, 3.05) is 24.6 Å². The summed E-state index contributed by atoms with van der Waals surface area (Å²) in [4.78, 5) is 15.7. The number of esters is 1. The van der Waals surface area contributed by atoms with Crippen LogP contribution in [0.5, 0.6) is 0 Å². The maximum absolute atomic E-state index is 13.1. The van der Waals surface area contributed by atoms with Gasteiger partial charge in [-0.25, -0.2) is 13.2 Å². The Morgan fingerprint density at radius 3 is 2.62 bits per heavy atom. The second-order valence-corrected chi connectivity index (χ2v) is 8.04. The molecule has 1 unspecified atom stereocenters. The second-order valence-electron chi connectivity index (χ2n) is 5.90. The molecule has 1 atom stereocenters. The van der Waals surface area contributed by atoms with Crippen LogP contribution in [-0.4, -0.2) is 44.9 Å². The summed E-state index contributed by atoms with van der Waals surface area (Å²) in [5, 5.41) is -0.572. The zero-order chi connectivity index (χ0) is 18.6. The number of ether oxygens (including phenoxy) is 2. The van der Waals surface area contributed by atoms with Crippen LogP contribution in [0, 0.1) is 0 Å². The molecule has 1 saturated heterocycles. The van der Waals surface area contributed by atoms with E-state index in [1.807, 2.05) is 6.07 Å². The molecule has 0 radical (unpaired) electrons. The Morgan fingerprint density at radius 1 is 1.27 bits per heavy atom. The van der Waals surface area contributed by atoms with E-state index < -0.39 is 21.2 Å². The molecule has 0 amide bonds. The van der Waals surface area contributed by atoms with Crippen molar-refractivity contribution in [3.8, 4) is 0 Å². The standard InChI is InChI=1S/C18H20N2O5S/c1-24-18(21)14-7-8-15(19-11-14)12-20(16-5-3-2-4-6-16)26(22,23)17-9-10-25-13-17/h2-8,11,17H,9-10,12-13H2,1H3. The normalized spacial score (nSPS) is 17.0. The van der Waals surface area contributed by atoms with Crippen molar-refractivity contribution in [2.24, 2.45) is 0 Å². The van der Waals surface area contributed by atoms with E-state index in [4.69, 9.17) is 4.74 Å². The Balaban J connectivity index is 1.90. The van der Waals surface area contributed by atoms with Gasteiger partial charge in [-0.3, -0.25) is 9.29 Å². The highest BCUT2D eigenvalue weighted by Crippen LogP contribution is 2.26. The van der Waals surface area contributed by atoms with Gasteiger partial charge in [0.1, 0.15) is 5.25 Å². The van der Waals surface area contributed by atoms with E-state index in [0.29, 0.717) is 30.0 Å². The van der Waals surface area contributed by atoms with Gasteiger partial charge >= 0.3 is 5.97 Å². The number of rotatable bonds is 6. The molecule has 0 saturated carbocycles. The van der Waals surface area contributed by atoms with Crippen LogP contribution in [0.2, 0.25) is 0 Å². The highest BCUT2D eigenvalue weighted by atomic mass is 32.2. The molecule has 0 bridgehead atoms. The van der Waals surface area contributed by atoms with Gasteiger partial charge in [0.15, 0.2) is 0 Å². The number of carbonyl (C=O) groups is 1. The first-order valence-corrected chi connectivity index (χ1v) is 9.70. The van der Waals surface area contributed by atoms with Crippen molar-refractivity contribution >= 4 is 21.7 Å². The summed E-state index contributed by atoms with van der Waals surface area (Å²) >= 11 is 0. The molecule has 1 aromatic carbocycles. The minimum Gasteiger partial charge on any atom is -0.465 e. The predicted molar refractivity (Wildman–Crippen MR) is 96.3 cm³/mol. The molecule has 2 heterocycles. The molecule has 1 aliphatic heterocycles. The molecule has 0 N–H and O–H groups in total. The lowest BCUT2D eigenvalue weighted by Crippen LogP contribution is -2.39. The topological polar surface area (TPSA) is 85.8 Å². The number of carbonyl (C=O) groups excluding carboxylic acids is 1. The first-order valence-electron chi connectivity index (χ1n) is 8.20. The Bertz CT molecular complexity index is 847. The average Bonchev–Trinajstić information content (AvgIpc) is 3.22. The van der Waals surface area contributed by atoms with E-state index in [1.54, 1.807) is 36.4 Å². The Hall–Kier alpha value is -2.45. The van der Waals surface area contributed by atoms with Crippen LogP contribution in [0.4, 0.5) is 5.69 Å². The smallest absolute Gasteiger partial charge is 0.339 e. The van der Waals surface area contributed by atoms with Crippen LogP contribution in [0.15, 0.2) is 48.7 Å². The molecule has 8 heteroatoms. The van der Waals surface area contributed by atoms with Gasteiger partial charge in [-0.2, -0.15) is 0 Å². The zero-order valence-corrected chi connectivity index (χ0v) is 15.2. The third kappa shape index (κ3) is 3.86. The fraction of sp³-hybridized carbons (Fsp3) is 0.333. The molecule has 1 fully saturated rings. The third-order valence-corrected chi connectivity index (χ3v) is 6.38. The maximum Gasteiger partial charge on any atom is 0.339 e. The van der Waals surface area contributed by atoms with E-state index in [-0.39, 0.29) is 13.2 Å². The maximum atomic E-state index is 13.1. The van der Waals surface area contributed by atoms with Crippen molar-refractivity contribution in [3.05, 3.63) is 59.9 Å². The predicted octanol–water partition coefficient (Wildman–Crippen LogP) is 1.99. The molecule has 3 rings (SSSR count). The summed E-state index contributed by atoms with van der Waals surface area (Å²) in [5.74, 6) is -0.486. The van der Waals surface area contributed by atoms with E-state index in [0.717, 1.165) is 0 Å². The molecule has 1 aliphatic rings. The minimum absolute atomic E-state index is 0.0737. The number of pyridine rings is 1. The van der Waals surface area contributed by atoms with Crippen LogP contribution in [0.3, 0.4) is 0 Å². The molecular formula is C18H20N2O5S. The van der Waals surface area contributed by atoms with Gasteiger partial charge < -0.3 is 9.47 Å². The van der Waals surface area contributed by atoms with Gasteiger partial charge in [0.25, 0.3) is 0 Å². The largest absolute Gasteiger partial charge is 0.465 e. The molecule has 1 aromatic heterocycles. The molecule has 26 heavy (non-hydrogen) atoms. The Labute approximate surface area is 152 Å². The number of benzene rings is 1. The summed E-state index contributed by atoms with van der Waals surface area (Å²) < 4.78 is 37.5. The van der Waals surface area contributed by atoms with Gasteiger partial charge in [0.05, 0.1) is 37.2 Å². The number of nitrogens with zero attached hydrogens (tertiary/aromatic N) is 2. The molecule has 138 valence electrons. The SMILES string of the molecule is COC(=O)c1ccc(CN(c2ccccc2)S(=O)(=O)C2CCOC2)nc1. The zero-order valence-electron chi connectivity index (χ0n) is 14.4. The number of anilines is 1. The number of para-hydroxylation sites is 1. The molecular weight excluding hydrogens is 356 g/mol. The fourth-order valence-corrected chi connectivity index (χ4v) is 4.50. The number of aromatic nitrogens is 1. The number of hydrogen-bond acceptors (Lipinski definition) is 6. The van der Waals surface area contributed by atoms with Gasteiger partial charge in [-0.1, -0.05) is 18.2 Å². The van der Waals surface area contributed by atoms with Gasteiger partial charge in [-0.05, 0) is 30.7 Å². The highest BCUT2D eigenvalue weighted by molar-refractivity contribution is 7.93. The second kappa shape index (κ2) is 7.84. The first-order chi connectivity index (χ1) is 12.5. The summed E-state index contributed by atoms with van der Waals surface area (Å²) in [6, 6.07) is 12.1. The summed E-state index contributed by atoms with van der Waals surface area (Å²) in [7, 11) is -2.31. The summed E-state index contributed by atoms with van der Waals surface area (Å²) in [6.45, 7) is 0.712. The molecule has 0 spiro atoms. The lowest BCUT2D eigenvalue weighted by Gasteiger charge is -2.27. The van der Waals surface area contributed by atoms with Gasteiger partial charge in [-0.15, -0.1) is 0 Å². The van der Waals surface area contributed by atoms with E-state index in [2.05, 4.69) is 9.72 Å². The van der Waals surface area contributed by atoms with Crippen molar-refractivity contribution in [1.82, 2.24) is 4.98 Å². The Kier molecular flexibility index (Phi) is 5.53. The van der Waals surface area contributed by atoms with E-state index >= 15 is 0 Å². The first kappa shape index (κ1) is 18.3. The van der Waals surface area contributed by atoms with E-state index in [1.165, 1.54) is 17.6 Å². The number of sulfonamides is 1. The summed E-state index contributed by atoms with van der Waals surface area (Å²) in [6.07, 6.45) is 1.86. The lowest BCUT2D eigenvalue weighted by molar-refractivity contribution is 0.0600. The van der Waals surface area contributed by atoms with E-state index in [9.17, 15) is 13.2 Å². The monoisotopic (exact) mass is 376 g/mol. The van der Waals surface area contributed by atoms with Crippen LogP contribution >= 0.6 is 0 Å². The van der Waals surface area contributed by atoms with Gasteiger partial charge in [0, 0.05) is 12.8 Å². The van der Waals surface area contributed by atoms with Crippen LogP contribution in [0.25, 0.3) is 0 Å². The fourth-order valence-electron chi connectivity index (χ4n) is 2.75. The van der Waals surface area contributed by atoms with Crippen molar-refractivity contribution in [1.29, 1.82) is 0 Å². The van der Waals surface area contributed by atoms with Crippen molar-refractivity contribution in [2.45, 2.75) is 18.2 Å². The van der Waals surface area contributed by atoms with Crippen molar-refractivity contribution < 1.29 is 22.7 Å². The lowest BCUT2D eigenvalue weighted by atomic mass is 10.2. The number of methoxy groups -OCH3 is 1. The molecule has 7 nitrogen and oxygen atoms in total. The molecule has 0 aliphatic carbocycles. The van der Waals surface area contributed by atoms with Crippen LogP contribution < -0.4 is 4.31 Å². The van der Waals surface area contributed by atoms with Crippen LogP contribution in [0.1, 0.15) is 22.5 Å². The Morgan fingerprint density at radius 2 is 2.04 bits per heavy atom. The average molecular weight is 376 g/mol. The minimum atomic E-state index is -3.61. The number of hydrogen-bond donors (Lipinski definition) is 0. The van der Waals surface area contributed by atoms with Crippen molar-refractivity contribution in [3.63, 3.8) is 0 Å². The molecule has 2 aromatic rings. The highest BCUT2D eigenvalue weighted by Gasteiger charge is 2.35. The third-order valence-electron chi connectivity index (χ3n) is 4.21. The summed E-state index contributed by atoms with van der Waals surface area (Å²) in [5.41, 5.74) is 1.41. The van der Waals surface area contributed by atoms with Gasteiger partial charge in [0.2, 0.25) is 10.0 Å². The quantitative estimate of drug-likeness (QED) is 0.717.